The van der Waals surface area contributed by atoms with E-state index in [1.807, 2.05) is 0 Å². The molecule has 1 nitrogen and oxygen atoms in total. The van der Waals surface area contributed by atoms with Gasteiger partial charge in [0.25, 0.3) is 0 Å². The first-order valence-electron chi connectivity index (χ1n) is 17.3. The maximum Gasteiger partial charge on any atom is 0.0714 e. The maximum atomic E-state index is 2.44. The Morgan fingerprint density at radius 1 is 0.280 bits per heavy atom. The van der Waals surface area contributed by atoms with Gasteiger partial charge in [-0.1, -0.05) is 176 Å². The molecule has 8 aromatic rings. The van der Waals surface area contributed by atoms with Gasteiger partial charge in [-0.2, -0.15) is 0 Å². The normalized spacial score (nSPS) is 12.6. The monoisotopic (exact) mass is 637 g/mol. The summed E-state index contributed by atoms with van der Waals surface area (Å²) in [4.78, 5) is 2.40. The van der Waals surface area contributed by atoms with Crippen molar-refractivity contribution in [2.75, 3.05) is 4.90 Å². The minimum Gasteiger partial charge on any atom is -0.310 e. The van der Waals surface area contributed by atoms with Crippen LogP contribution >= 0.6 is 0 Å². The Balaban J connectivity index is 1.25. The fourth-order valence-corrected chi connectivity index (χ4v) is 7.89. The van der Waals surface area contributed by atoms with Crippen LogP contribution in [0.5, 0.6) is 0 Å². The van der Waals surface area contributed by atoms with Gasteiger partial charge >= 0.3 is 0 Å². The van der Waals surface area contributed by atoms with Crippen molar-refractivity contribution < 1.29 is 0 Å². The SMILES string of the molecule is c1ccc(-c2ccc(N(c3ccc(-c4ccccc4)cc3)c3ccc4c(c3)C(c3ccccc3)(c3ccccc3)c3ccccc3-4)cc2)cc1. The number of hydrogen-bond acceptors (Lipinski definition) is 1. The molecule has 0 aromatic heterocycles. The highest BCUT2D eigenvalue weighted by atomic mass is 15.1. The molecule has 1 heteroatoms. The molecule has 0 radical (unpaired) electrons. The molecule has 0 bridgehead atoms. The summed E-state index contributed by atoms with van der Waals surface area (Å²) in [6.07, 6.45) is 0. The number of fused-ring (bicyclic) bond motifs is 3. The van der Waals surface area contributed by atoms with E-state index in [4.69, 9.17) is 0 Å². The third kappa shape index (κ3) is 4.95. The summed E-state index contributed by atoms with van der Waals surface area (Å²) in [6, 6.07) is 77.1. The molecule has 0 fully saturated rings. The Bertz CT molecular complexity index is 2260. The van der Waals surface area contributed by atoms with Gasteiger partial charge in [-0.15, -0.1) is 0 Å². The summed E-state index contributed by atoms with van der Waals surface area (Å²) in [5.74, 6) is 0. The molecule has 0 heterocycles. The smallest absolute Gasteiger partial charge is 0.0714 e. The van der Waals surface area contributed by atoms with E-state index in [-0.39, 0.29) is 0 Å². The second kappa shape index (κ2) is 12.5. The van der Waals surface area contributed by atoms with Crippen molar-refractivity contribution in [3.63, 3.8) is 0 Å². The topological polar surface area (TPSA) is 3.24 Å². The van der Waals surface area contributed by atoms with Crippen LogP contribution in [0.1, 0.15) is 22.3 Å². The molecule has 9 rings (SSSR count). The van der Waals surface area contributed by atoms with E-state index in [2.05, 4.69) is 217 Å². The van der Waals surface area contributed by atoms with E-state index in [1.54, 1.807) is 0 Å². The lowest BCUT2D eigenvalue weighted by molar-refractivity contribution is 0.768. The van der Waals surface area contributed by atoms with E-state index in [9.17, 15) is 0 Å². The molecule has 0 amide bonds. The predicted molar refractivity (Wildman–Crippen MR) is 209 cm³/mol. The first kappa shape index (κ1) is 29.7. The van der Waals surface area contributed by atoms with Crippen LogP contribution in [0.25, 0.3) is 33.4 Å². The molecule has 236 valence electrons. The Hall–Kier alpha value is -6.44. The molecule has 8 aromatic carbocycles. The van der Waals surface area contributed by atoms with Crippen molar-refractivity contribution in [2.24, 2.45) is 0 Å². The van der Waals surface area contributed by atoms with E-state index in [1.165, 1.54) is 55.6 Å². The molecule has 50 heavy (non-hydrogen) atoms. The van der Waals surface area contributed by atoms with Gasteiger partial charge in [0.05, 0.1) is 5.41 Å². The van der Waals surface area contributed by atoms with Gasteiger partial charge in [-0.3, -0.25) is 0 Å². The second-order valence-corrected chi connectivity index (χ2v) is 12.9. The van der Waals surface area contributed by atoms with Gasteiger partial charge in [0, 0.05) is 17.1 Å². The molecule has 1 aliphatic rings. The molecule has 0 saturated carbocycles. The first-order valence-corrected chi connectivity index (χ1v) is 17.3. The molecule has 1 aliphatic carbocycles. The summed E-state index contributed by atoms with van der Waals surface area (Å²) < 4.78 is 0. The van der Waals surface area contributed by atoms with E-state index < -0.39 is 5.41 Å². The first-order chi connectivity index (χ1) is 24.8. The molecule has 0 unspecified atom stereocenters. The lowest BCUT2D eigenvalue weighted by Gasteiger charge is -2.35. The van der Waals surface area contributed by atoms with Gasteiger partial charge in [0.15, 0.2) is 0 Å². The third-order valence-electron chi connectivity index (χ3n) is 10.2. The minimum absolute atomic E-state index is 0.468. The van der Waals surface area contributed by atoms with Crippen LogP contribution in [0.3, 0.4) is 0 Å². The number of hydrogen-bond donors (Lipinski definition) is 0. The van der Waals surface area contributed by atoms with Crippen LogP contribution in [0.4, 0.5) is 17.1 Å². The van der Waals surface area contributed by atoms with Crippen molar-refractivity contribution in [1.82, 2.24) is 0 Å². The Kier molecular flexibility index (Phi) is 7.44. The minimum atomic E-state index is -0.468. The van der Waals surface area contributed by atoms with Crippen molar-refractivity contribution >= 4 is 17.1 Å². The highest BCUT2D eigenvalue weighted by Crippen LogP contribution is 2.57. The maximum absolute atomic E-state index is 2.44. The zero-order valence-electron chi connectivity index (χ0n) is 27.7. The van der Waals surface area contributed by atoms with Crippen molar-refractivity contribution in [3.05, 3.63) is 235 Å². The van der Waals surface area contributed by atoms with Crippen molar-refractivity contribution in [3.8, 4) is 33.4 Å². The quantitative estimate of drug-likeness (QED) is 0.168. The zero-order chi connectivity index (χ0) is 33.3. The fraction of sp³-hybridized carbons (Fsp3) is 0.0204. The van der Waals surface area contributed by atoms with Gasteiger partial charge < -0.3 is 4.90 Å². The van der Waals surface area contributed by atoms with Crippen LogP contribution in [0.15, 0.2) is 212 Å². The average Bonchev–Trinajstić information content (AvgIpc) is 3.50. The molecule has 0 N–H and O–H groups in total. The molecular formula is C49H35N. The highest BCUT2D eigenvalue weighted by molar-refractivity contribution is 5.90. The van der Waals surface area contributed by atoms with Gasteiger partial charge in [0.2, 0.25) is 0 Å². The molecule has 0 aliphatic heterocycles. The van der Waals surface area contributed by atoms with Crippen LogP contribution in [-0.2, 0) is 5.41 Å². The number of benzene rings is 8. The molecular weight excluding hydrogens is 603 g/mol. The lowest BCUT2D eigenvalue weighted by atomic mass is 9.67. The Morgan fingerprint density at radius 3 is 1.16 bits per heavy atom. The molecule has 0 spiro atoms. The van der Waals surface area contributed by atoms with Crippen LogP contribution in [0.2, 0.25) is 0 Å². The van der Waals surface area contributed by atoms with Gasteiger partial charge in [-0.05, 0) is 92.0 Å². The Labute approximate surface area is 294 Å². The molecule has 0 atom stereocenters. The number of rotatable bonds is 7. The number of anilines is 3. The summed E-state index contributed by atoms with van der Waals surface area (Å²) in [6.45, 7) is 0. The van der Waals surface area contributed by atoms with Crippen molar-refractivity contribution in [1.29, 1.82) is 0 Å². The summed E-state index contributed by atoms with van der Waals surface area (Å²) in [7, 11) is 0. The fourth-order valence-electron chi connectivity index (χ4n) is 7.89. The van der Waals surface area contributed by atoms with E-state index >= 15 is 0 Å². The van der Waals surface area contributed by atoms with Gasteiger partial charge in [-0.25, -0.2) is 0 Å². The standard InChI is InChI=1S/C49H35N/c1-5-15-36(16-6-1)38-25-29-42(30-26-38)50(43-31-27-39(28-32-43)37-17-7-2-8-18-37)44-33-34-46-45-23-13-14-24-47(45)49(48(46)35-44,40-19-9-3-10-20-40)41-21-11-4-12-22-41/h1-35H. The Morgan fingerprint density at radius 2 is 0.660 bits per heavy atom. The second-order valence-electron chi connectivity index (χ2n) is 12.9. The molecule has 0 saturated heterocycles. The van der Waals surface area contributed by atoms with Crippen LogP contribution < -0.4 is 4.90 Å². The van der Waals surface area contributed by atoms with Crippen LogP contribution in [0, 0.1) is 0 Å². The van der Waals surface area contributed by atoms with Gasteiger partial charge in [0.1, 0.15) is 0 Å². The third-order valence-corrected chi connectivity index (χ3v) is 10.2. The lowest BCUT2D eigenvalue weighted by Crippen LogP contribution is -2.28. The summed E-state index contributed by atoms with van der Waals surface area (Å²) in [5.41, 5.74) is 15.4. The van der Waals surface area contributed by atoms with Crippen molar-refractivity contribution in [2.45, 2.75) is 5.41 Å². The zero-order valence-corrected chi connectivity index (χ0v) is 27.7. The summed E-state index contributed by atoms with van der Waals surface area (Å²) >= 11 is 0. The van der Waals surface area contributed by atoms with Crippen LogP contribution in [-0.4, -0.2) is 0 Å². The average molecular weight is 638 g/mol. The van der Waals surface area contributed by atoms with E-state index in [0.717, 1.165) is 17.1 Å². The van der Waals surface area contributed by atoms with E-state index in [0.29, 0.717) is 0 Å². The predicted octanol–water partition coefficient (Wildman–Crippen LogP) is 12.9. The highest BCUT2D eigenvalue weighted by Gasteiger charge is 2.46. The number of nitrogens with zero attached hydrogens (tertiary/aromatic N) is 1. The summed E-state index contributed by atoms with van der Waals surface area (Å²) in [5, 5.41) is 0. The largest absolute Gasteiger partial charge is 0.310 e.